The first-order valence-electron chi connectivity index (χ1n) is 2.96. The van der Waals surface area contributed by atoms with Crippen molar-refractivity contribution in [2.75, 3.05) is 0 Å². The molecule has 0 atom stereocenters. The van der Waals surface area contributed by atoms with Crippen LogP contribution in [-0.2, 0) is 4.79 Å². The lowest BCUT2D eigenvalue weighted by Gasteiger charge is -1.76. The lowest BCUT2D eigenvalue weighted by atomic mass is 10.6. The molecule has 1 heterocycles. The Morgan fingerprint density at radius 2 is 2.25 bits per heavy atom. The quantitative estimate of drug-likeness (QED) is 0.291. The van der Waals surface area contributed by atoms with Crippen molar-refractivity contribution in [2.24, 2.45) is 0 Å². The van der Waals surface area contributed by atoms with Crippen LogP contribution >= 0.6 is 0 Å². The zero-order valence-corrected chi connectivity index (χ0v) is 6.17. The normalized spacial score (nSPS) is 7.67. The monoisotopic (exact) mass is 169 g/mol. The highest BCUT2D eigenvalue weighted by molar-refractivity contribution is 5.63. The Kier molecular flexibility index (Phi) is 4.91. The number of allylic oxidation sites excluding steroid dienone is 1. The third-order valence-corrected chi connectivity index (χ3v) is 0.782. The molecule has 0 aliphatic rings. The number of nitrogens with zero attached hydrogens (tertiary/aromatic N) is 1. The van der Waals surface area contributed by atoms with Crippen LogP contribution in [0.4, 0.5) is 5.88 Å². The molecule has 0 aliphatic carbocycles. The van der Waals surface area contributed by atoms with Crippen molar-refractivity contribution in [3.8, 4) is 0 Å². The van der Waals surface area contributed by atoms with Crippen LogP contribution in [0.5, 0.6) is 0 Å². The lowest BCUT2D eigenvalue weighted by molar-refractivity contribution is -0.402. The molecule has 64 valence electrons. The van der Waals surface area contributed by atoms with Crippen molar-refractivity contribution in [1.82, 2.24) is 0 Å². The van der Waals surface area contributed by atoms with E-state index in [2.05, 4.69) is 11.0 Å². The van der Waals surface area contributed by atoms with E-state index in [1.807, 2.05) is 0 Å². The van der Waals surface area contributed by atoms with Crippen molar-refractivity contribution in [1.29, 1.82) is 0 Å². The lowest BCUT2D eigenvalue weighted by Crippen LogP contribution is -1.81. The minimum absolute atomic E-state index is 0.218. The number of carbonyl (C=O) groups excluding carboxylic acids is 1. The van der Waals surface area contributed by atoms with Gasteiger partial charge in [0.15, 0.2) is 0 Å². The Morgan fingerprint density at radius 1 is 1.67 bits per heavy atom. The molecular formula is C7H7NO4. The standard InChI is InChI=1S/C4H3NO3.C3H4O/c6-5(7)4-2-1-3-8-4;1-2-3-4/h1-3H;2-3H,1H2. The second kappa shape index (κ2) is 5.84. The predicted molar refractivity (Wildman–Crippen MR) is 41.6 cm³/mol. The number of carbonyl (C=O) groups is 1. The fraction of sp³-hybridized carbons (Fsp3) is 0. The molecule has 0 N–H and O–H groups in total. The Balaban J connectivity index is 0.000000261. The molecule has 1 aromatic heterocycles. The summed E-state index contributed by atoms with van der Waals surface area (Å²) < 4.78 is 4.40. The maximum Gasteiger partial charge on any atom is 0.432 e. The van der Waals surface area contributed by atoms with Gasteiger partial charge in [-0.15, -0.1) is 0 Å². The van der Waals surface area contributed by atoms with Crippen molar-refractivity contribution < 1.29 is 14.1 Å². The van der Waals surface area contributed by atoms with E-state index in [0.29, 0.717) is 6.29 Å². The Labute approximate surface area is 68.5 Å². The Hall–Kier alpha value is -1.91. The molecule has 0 saturated carbocycles. The van der Waals surface area contributed by atoms with Crippen molar-refractivity contribution in [3.63, 3.8) is 0 Å². The van der Waals surface area contributed by atoms with Gasteiger partial charge in [0.05, 0.1) is 12.3 Å². The molecule has 0 aliphatic heterocycles. The van der Waals surface area contributed by atoms with E-state index in [1.165, 1.54) is 24.5 Å². The summed E-state index contributed by atoms with van der Waals surface area (Å²) in [5.41, 5.74) is 0. The van der Waals surface area contributed by atoms with Crippen molar-refractivity contribution in [2.45, 2.75) is 0 Å². The second-order valence-corrected chi connectivity index (χ2v) is 1.58. The van der Waals surface area contributed by atoms with Crippen LogP contribution < -0.4 is 0 Å². The van der Waals surface area contributed by atoms with Crippen molar-refractivity contribution >= 4 is 12.2 Å². The molecule has 0 radical (unpaired) electrons. The van der Waals surface area contributed by atoms with Crippen LogP contribution in [-0.4, -0.2) is 11.2 Å². The van der Waals surface area contributed by atoms with E-state index in [0.717, 1.165) is 0 Å². The molecule has 0 spiro atoms. The molecule has 0 amide bonds. The first-order chi connectivity index (χ1) is 5.72. The van der Waals surface area contributed by atoms with Crippen molar-refractivity contribution in [3.05, 3.63) is 41.2 Å². The molecule has 12 heavy (non-hydrogen) atoms. The number of nitro groups is 1. The van der Waals surface area contributed by atoms with E-state index in [4.69, 9.17) is 4.79 Å². The van der Waals surface area contributed by atoms with E-state index in [1.54, 1.807) is 0 Å². The van der Waals surface area contributed by atoms with Gasteiger partial charge in [-0.3, -0.25) is 14.9 Å². The predicted octanol–water partition coefficient (Wildman–Crippen LogP) is 1.56. The summed E-state index contributed by atoms with van der Waals surface area (Å²) >= 11 is 0. The van der Waals surface area contributed by atoms with Gasteiger partial charge in [0, 0.05) is 0 Å². The average molecular weight is 169 g/mol. The minimum atomic E-state index is -0.583. The third-order valence-electron chi connectivity index (χ3n) is 0.782. The van der Waals surface area contributed by atoms with Gasteiger partial charge >= 0.3 is 5.88 Å². The van der Waals surface area contributed by atoms with Crippen LogP contribution in [0.1, 0.15) is 0 Å². The van der Waals surface area contributed by atoms with Crippen LogP contribution in [0.25, 0.3) is 0 Å². The molecular weight excluding hydrogens is 162 g/mol. The molecule has 1 rings (SSSR count). The van der Waals surface area contributed by atoms with Crippen LogP contribution in [0, 0.1) is 10.1 Å². The zero-order chi connectivity index (χ0) is 9.40. The summed E-state index contributed by atoms with van der Waals surface area (Å²) in [6.45, 7) is 3.11. The fourth-order valence-corrected chi connectivity index (χ4v) is 0.374. The number of hydrogen-bond acceptors (Lipinski definition) is 4. The smallest absolute Gasteiger partial charge is 0.409 e. The molecule has 0 aromatic carbocycles. The molecule has 0 fully saturated rings. The number of hydrogen-bond donors (Lipinski definition) is 0. The van der Waals surface area contributed by atoms with Gasteiger partial charge < -0.3 is 4.42 Å². The minimum Gasteiger partial charge on any atom is -0.409 e. The van der Waals surface area contributed by atoms with E-state index in [9.17, 15) is 10.1 Å². The van der Waals surface area contributed by atoms with E-state index < -0.39 is 4.92 Å². The first-order valence-corrected chi connectivity index (χ1v) is 2.96. The van der Waals surface area contributed by atoms with E-state index in [-0.39, 0.29) is 5.88 Å². The maximum atomic E-state index is 9.77. The second-order valence-electron chi connectivity index (χ2n) is 1.58. The van der Waals surface area contributed by atoms with Gasteiger partial charge in [-0.05, 0) is 12.1 Å². The van der Waals surface area contributed by atoms with Crippen LogP contribution in [0.3, 0.4) is 0 Å². The first kappa shape index (κ1) is 10.1. The molecule has 0 saturated heterocycles. The highest BCUT2D eigenvalue weighted by atomic mass is 16.6. The summed E-state index contributed by atoms with van der Waals surface area (Å²) in [4.78, 5) is 18.2. The zero-order valence-electron chi connectivity index (χ0n) is 6.17. The summed E-state index contributed by atoms with van der Waals surface area (Å²) in [6.07, 6.45) is 3.10. The number of rotatable bonds is 2. The summed E-state index contributed by atoms with van der Waals surface area (Å²) in [5.74, 6) is -0.218. The van der Waals surface area contributed by atoms with Crippen LogP contribution in [0.2, 0.25) is 0 Å². The number of furan rings is 1. The molecule has 1 aromatic rings. The highest BCUT2D eigenvalue weighted by Gasteiger charge is 2.04. The summed E-state index contributed by atoms with van der Waals surface area (Å²) in [7, 11) is 0. The Morgan fingerprint density at radius 3 is 2.42 bits per heavy atom. The number of aldehydes is 1. The summed E-state index contributed by atoms with van der Waals surface area (Å²) in [5, 5.41) is 9.77. The molecule has 5 heteroatoms. The fourth-order valence-electron chi connectivity index (χ4n) is 0.374. The average Bonchev–Trinajstić information content (AvgIpc) is 2.57. The van der Waals surface area contributed by atoms with Gasteiger partial charge in [-0.25, -0.2) is 0 Å². The molecule has 0 unspecified atom stereocenters. The van der Waals surface area contributed by atoms with Gasteiger partial charge in [0.2, 0.25) is 0 Å². The topological polar surface area (TPSA) is 73.3 Å². The van der Waals surface area contributed by atoms with Gasteiger partial charge in [-0.1, -0.05) is 6.58 Å². The largest absolute Gasteiger partial charge is 0.432 e. The summed E-state index contributed by atoms with van der Waals surface area (Å²) in [6, 6.07) is 2.76. The molecule has 5 nitrogen and oxygen atoms in total. The maximum absolute atomic E-state index is 9.77. The third kappa shape index (κ3) is 3.99. The molecule has 0 bridgehead atoms. The SMILES string of the molecule is C=CC=O.O=[N+]([O-])c1ccco1. The van der Waals surface area contributed by atoms with Gasteiger partial charge in [0.25, 0.3) is 0 Å². The highest BCUT2D eigenvalue weighted by Crippen LogP contribution is 2.08. The van der Waals surface area contributed by atoms with Gasteiger partial charge in [-0.2, -0.15) is 0 Å². The van der Waals surface area contributed by atoms with E-state index >= 15 is 0 Å². The van der Waals surface area contributed by atoms with Gasteiger partial charge in [0.1, 0.15) is 11.2 Å². The van der Waals surface area contributed by atoms with Crippen LogP contribution in [0.15, 0.2) is 35.5 Å². The Bertz CT molecular complexity index is 246.